The number of aromatic nitrogens is 2. The fourth-order valence-corrected chi connectivity index (χ4v) is 2.19. The van der Waals surface area contributed by atoms with Crippen LogP contribution in [0.2, 0.25) is 5.02 Å². The summed E-state index contributed by atoms with van der Waals surface area (Å²) in [5.41, 5.74) is 2.95. The first-order valence-electron chi connectivity index (χ1n) is 7.33. The molecule has 1 aromatic heterocycles. The third-order valence-electron chi connectivity index (χ3n) is 3.33. The average molecular weight is 339 g/mol. The van der Waals surface area contributed by atoms with Gasteiger partial charge in [0, 0.05) is 22.5 Å². The quantitative estimate of drug-likeness (QED) is 0.738. The van der Waals surface area contributed by atoms with Crippen molar-refractivity contribution in [1.29, 1.82) is 0 Å². The smallest absolute Gasteiger partial charge is 0.274 e. The van der Waals surface area contributed by atoms with Crippen LogP contribution in [-0.2, 0) is 0 Å². The molecule has 2 aromatic carbocycles. The second-order valence-electron chi connectivity index (χ2n) is 5.24. The standard InChI is InChI=1S/C18H15ClN4O/c1-12-2-6-15(7-3-12)23-18(24)16-10-17(21-11-20-16)22-14-8-4-13(19)5-9-14/h2-11H,1H3,(H,23,24)(H,20,21,22). The highest BCUT2D eigenvalue weighted by Crippen LogP contribution is 2.18. The summed E-state index contributed by atoms with van der Waals surface area (Å²) < 4.78 is 0. The Morgan fingerprint density at radius 1 is 0.958 bits per heavy atom. The van der Waals surface area contributed by atoms with Crippen molar-refractivity contribution in [2.24, 2.45) is 0 Å². The van der Waals surface area contributed by atoms with Gasteiger partial charge in [0.05, 0.1) is 0 Å². The van der Waals surface area contributed by atoms with Gasteiger partial charge in [-0.25, -0.2) is 9.97 Å². The highest BCUT2D eigenvalue weighted by Gasteiger charge is 2.09. The molecule has 0 fully saturated rings. The fraction of sp³-hybridized carbons (Fsp3) is 0.0556. The highest BCUT2D eigenvalue weighted by atomic mass is 35.5. The Morgan fingerprint density at radius 3 is 2.33 bits per heavy atom. The number of rotatable bonds is 4. The Morgan fingerprint density at radius 2 is 1.62 bits per heavy atom. The van der Waals surface area contributed by atoms with Crippen LogP contribution >= 0.6 is 11.6 Å². The van der Waals surface area contributed by atoms with Gasteiger partial charge in [-0.05, 0) is 43.3 Å². The van der Waals surface area contributed by atoms with Crippen LogP contribution in [0, 0.1) is 6.92 Å². The van der Waals surface area contributed by atoms with Crippen LogP contribution in [0.1, 0.15) is 16.1 Å². The Bertz CT molecular complexity index is 848. The summed E-state index contributed by atoms with van der Waals surface area (Å²) in [5, 5.41) is 6.57. The first-order valence-corrected chi connectivity index (χ1v) is 7.70. The molecule has 3 aromatic rings. The first kappa shape index (κ1) is 16.0. The molecule has 0 radical (unpaired) electrons. The van der Waals surface area contributed by atoms with E-state index < -0.39 is 0 Å². The zero-order chi connectivity index (χ0) is 16.9. The van der Waals surface area contributed by atoms with Crippen LogP contribution in [0.15, 0.2) is 60.9 Å². The SMILES string of the molecule is Cc1ccc(NC(=O)c2cc(Nc3ccc(Cl)cc3)ncn2)cc1. The zero-order valence-corrected chi connectivity index (χ0v) is 13.7. The lowest BCUT2D eigenvalue weighted by Crippen LogP contribution is -2.14. The van der Waals surface area contributed by atoms with Gasteiger partial charge < -0.3 is 10.6 Å². The molecule has 1 heterocycles. The predicted octanol–water partition coefficient (Wildman–Crippen LogP) is 4.43. The number of carbonyl (C=O) groups is 1. The summed E-state index contributed by atoms with van der Waals surface area (Å²) in [6.07, 6.45) is 1.35. The van der Waals surface area contributed by atoms with E-state index in [1.807, 2.05) is 43.3 Å². The van der Waals surface area contributed by atoms with Gasteiger partial charge >= 0.3 is 0 Å². The Hall–Kier alpha value is -2.92. The zero-order valence-electron chi connectivity index (χ0n) is 13.0. The number of amides is 1. The summed E-state index contributed by atoms with van der Waals surface area (Å²) >= 11 is 5.86. The number of hydrogen-bond acceptors (Lipinski definition) is 4. The van der Waals surface area contributed by atoms with Crippen LogP contribution in [0.4, 0.5) is 17.2 Å². The summed E-state index contributed by atoms with van der Waals surface area (Å²) in [5.74, 6) is 0.238. The van der Waals surface area contributed by atoms with Gasteiger partial charge in [0.2, 0.25) is 0 Å². The van der Waals surface area contributed by atoms with Crippen LogP contribution in [0.5, 0.6) is 0 Å². The molecule has 24 heavy (non-hydrogen) atoms. The van der Waals surface area contributed by atoms with Crippen molar-refractivity contribution >= 4 is 34.7 Å². The van der Waals surface area contributed by atoms with E-state index in [1.54, 1.807) is 18.2 Å². The molecule has 0 spiro atoms. The van der Waals surface area contributed by atoms with Crippen LogP contribution < -0.4 is 10.6 Å². The van der Waals surface area contributed by atoms with Crippen molar-refractivity contribution < 1.29 is 4.79 Å². The minimum Gasteiger partial charge on any atom is -0.340 e. The van der Waals surface area contributed by atoms with Gasteiger partial charge in [-0.15, -0.1) is 0 Å². The molecule has 6 heteroatoms. The van der Waals surface area contributed by atoms with Crippen molar-refractivity contribution in [3.05, 3.63) is 77.2 Å². The maximum Gasteiger partial charge on any atom is 0.274 e. The van der Waals surface area contributed by atoms with Crippen molar-refractivity contribution in [1.82, 2.24) is 9.97 Å². The number of nitrogens with one attached hydrogen (secondary N) is 2. The molecule has 2 N–H and O–H groups in total. The molecule has 3 rings (SSSR count). The second kappa shape index (κ2) is 7.10. The first-order chi connectivity index (χ1) is 11.6. The van der Waals surface area contributed by atoms with E-state index in [-0.39, 0.29) is 11.6 Å². The molecule has 0 aliphatic heterocycles. The summed E-state index contributed by atoms with van der Waals surface area (Å²) in [6, 6.07) is 16.4. The summed E-state index contributed by atoms with van der Waals surface area (Å²) in [6.45, 7) is 1.99. The molecule has 120 valence electrons. The highest BCUT2D eigenvalue weighted by molar-refractivity contribution is 6.30. The van der Waals surface area contributed by atoms with Gasteiger partial charge in [0.1, 0.15) is 17.8 Å². The number of hydrogen-bond donors (Lipinski definition) is 2. The van der Waals surface area contributed by atoms with Crippen LogP contribution in [-0.4, -0.2) is 15.9 Å². The Kier molecular flexibility index (Phi) is 4.72. The van der Waals surface area contributed by atoms with Crippen molar-refractivity contribution in [2.75, 3.05) is 10.6 Å². The summed E-state index contributed by atoms with van der Waals surface area (Å²) in [7, 11) is 0. The Balaban J connectivity index is 1.73. The van der Waals surface area contributed by atoms with Gasteiger partial charge in [-0.2, -0.15) is 0 Å². The monoisotopic (exact) mass is 338 g/mol. The molecule has 0 bridgehead atoms. The molecule has 0 unspecified atom stereocenters. The lowest BCUT2D eigenvalue weighted by atomic mass is 10.2. The lowest BCUT2D eigenvalue weighted by Gasteiger charge is -2.08. The van der Waals surface area contributed by atoms with Gasteiger partial charge in [-0.1, -0.05) is 29.3 Å². The third kappa shape index (κ3) is 4.08. The molecule has 0 saturated heterocycles. The normalized spacial score (nSPS) is 10.2. The van der Waals surface area contributed by atoms with E-state index in [2.05, 4.69) is 20.6 Å². The van der Waals surface area contributed by atoms with E-state index in [9.17, 15) is 4.79 Å². The number of nitrogens with zero attached hydrogens (tertiary/aromatic N) is 2. The molecule has 5 nitrogen and oxygen atoms in total. The van der Waals surface area contributed by atoms with Crippen molar-refractivity contribution in [3.63, 3.8) is 0 Å². The van der Waals surface area contributed by atoms with Crippen LogP contribution in [0.3, 0.4) is 0 Å². The number of aryl methyl sites for hydroxylation is 1. The van der Waals surface area contributed by atoms with Gasteiger partial charge in [0.25, 0.3) is 5.91 Å². The van der Waals surface area contributed by atoms with E-state index in [0.717, 1.165) is 16.9 Å². The van der Waals surface area contributed by atoms with E-state index in [4.69, 9.17) is 11.6 Å². The molecule has 0 aliphatic carbocycles. The van der Waals surface area contributed by atoms with Crippen molar-refractivity contribution in [3.8, 4) is 0 Å². The van der Waals surface area contributed by atoms with E-state index in [1.165, 1.54) is 6.33 Å². The number of halogens is 1. The van der Waals surface area contributed by atoms with Crippen LogP contribution in [0.25, 0.3) is 0 Å². The topological polar surface area (TPSA) is 66.9 Å². The van der Waals surface area contributed by atoms with Gasteiger partial charge in [-0.3, -0.25) is 4.79 Å². The summed E-state index contributed by atoms with van der Waals surface area (Å²) in [4.78, 5) is 20.4. The van der Waals surface area contributed by atoms with Gasteiger partial charge in [0.15, 0.2) is 0 Å². The molecule has 0 aliphatic rings. The maximum absolute atomic E-state index is 12.3. The molecule has 0 saturated carbocycles. The third-order valence-corrected chi connectivity index (χ3v) is 3.58. The maximum atomic E-state index is 12.3. The lowest BCUT2D eigenvalue weighted by molar-refractivity contribution is 0.102. The number of carbonyl (C=O) groups excluding carboxylic acids is 1. The fourth-order valence-electron chi connectivity index (χ4n) is 2.06. The largest absolute Gasteiger partial charge is 0.340 e. The predicted molar refractivity (Wildman–Crippen MR) is 95.9 cm³/mol. The molecule has 0 atom stereocenters. The molecular weight excluding hydrogens is 324 g/mol. The van der Waals surface area contributed by atoms with E-state index in [0.29, 0.717) is 10.8 Å². The minimum absolute atomic E-state index is 0.280. The van der Waals surface area contributed by atoms with Crippen molar-refractivity contribution in [2.45, 2.75) is 6.92 Å². The number of benzene rings is 2. The minimum atomic E-state index is -0.291. The van der Waals surface area contributed by atoms with E-state index >= 15 is 0 Å². The second-order valence-corrected chi connectivity index (χ2v) is 5.68. The Labute approximate surface area is 144 Å². The average Bonchev–Trinajstić information content (AvgIpc) is 2.59. The molecule has 1 amide bonds. The number of anilines is 3. The molecular formula is C18H15ClN4O.